The van der Waals surface area contributed by atoms with Gasteiger partial charge in [0.1, 0.15) is 5.84 Å². The van der Waals surface area contributed by atoms with Gasteiger partial charge in [-0.1, -0.05) is 49.1 Å². The van der Waals surface area contributed by atoms with E-state index in [0.717, 1.165) is 52.0 Å². The third-order valence-corrected chi connectivity index (χ3v) is 5.51. The molecule has 0 bridgehead atoms. The highest BCUT2D eigenvalue weighted by Crippen LogP contribution is 2.30. The van der Waals surface area contributed by atoms with E-state index in [0.29, 0.717) is 6.42 Å². The van der Waals surface area contributed by atoms with E-state index in [-0.39, 0.29) is 0 Å². The first-order valence-electron chi connectivity index (χ1n) is 9.53. The van der Waals surface area contributed by atoms with Crippen LogP contribution in [0.1, 0.15) is 12.8 Å². The Kier molecular flexibility index (Phi) is 7.43. The minimum absolute atomic E-state index is 0.679. The number of allylic oxidation sites excluding steroid dienone is 5. The number of aliphatic imine (C=N–C) groups is 2. The molecule has 5 heteroatoms. The van der Waals surface area contributed by atoms with Gasteiger partial charge in [0.25, 0.3) is 0 Å². The molecule has 2 aliphatic rings. The van der Waals surface area contributed by atoms with Crippen LogP contribution in [0, 0.1) is 11.3 Å². The Hall–Kier alpha value is -3.10. The second-order valence-corrected chi connectivity index (χ2v) is 7.58. The first kappa shape index (κ1) is 20.6. The predicted octanol–water partition coefficient (Wildman–Crippen LogP) is 5.46. The molecule has 146 valence electrons. The lowest BCUT2D eigenvalue weighted by molar-refractivity contribution is 0.995. The van der Waals surface area contributed by atoms with Gasteiger partial charge in [0.2, 0.25) is 0 Å². The van der Waals surface area contributed by atoms with Crippen LogP contribution in [-0.4, -0.2) is 31.4 Å². The molecule has 3 rings (SSSR count). The van der Waals surface area contributed by atoms with E-state index < -0.39 is 0 Å². The van der Waals surface area contributed by atoms with Crippen molar-refractivity contribution in [1.29, 1.82) is 5.26 Å². The Bertz CT molecular complexity index is 972. The van der Waals surface area contributed by atoms with Crippen molar-refractivity contribution >= 4 is 29.5 Å². The van der Waals surface area contributed by atoms with Crippen molar-refractivity contribution in [3.8, 4) is 6.07 Å². The molecule has 0 N–H and O–H groups in total. The zero-order chi connectivity index (χ0) is 20.5. The van der Waals surface area contributed by atoms with Crippen molar-refractivity contribution in [2.75, 3.05) is 24.2 Å². The number of hydrogen-bond donors (Lipinski definition) is 0. The molecular formula is C24H24N4S. The fourth-order valence-corrected chi connectivity index (χ4v) is 3.90. The lowest BCUT2D eigenvalue weighted by Crippen LogP contribution is -2.31. The van der Waals surface area contributed by atoms with Crippen molar-refractivity contribution in [3.05, 3.63) is 89.0 Å². The van der Waals surface area contributed by atoms with Gasteiger partial charge in [-0.2, -0.15) is 5.26 Å². The highest BCUT2D eigenvalue weighted by atomic mass is 32.2. The van der Waals surface area contributed by atoms with Gasteiger partial charge in [-0.3, -0.25) is 14.9 Å². The maximum Gasteiger partial charge on any atom is 0.141 e. The van der Waals surface area contributed by atoms with Crippen LogP contribution in [0.4, 0.5) is 5.69 Å². The summed E-state index contributed by atoms with van der Waals surface area (Å²) in [6.07, 6.45) is 13.7. The fourth-order valence-electron chi connectivity index (χ4n) is 3.06. The maximum absolute atomic E-state index is 9.09. The Balaban J connectivity index is 1.83. The molecule has 0 aromatic heterocycles. The Morgan fingerprint density at radius 2 is 2.14 bits per heavy atom. The zero-order valence-corrected chi connectivity index (χ0v) is 17.4. The van der Waals surface area contributed by atoms with E-state index in [4.69, 9.17) is 5.26 Å². The summed E-state index contributed by atoms with van der Waals surface area (Å²) < 4.78 is 0. The Labute approximate surface area is 177 Å². The summed E-state index contributed by atoms with van der Waals surface area (Å²) in [4.78, 5) is 11.1. The summed E-state index contributed by atoms with van der Waals surface area (Å²) in [5, 5.41) is 9.98. The lowest BCUT2D eigenvalue weighted by atomic mass is 10.1. The molecule has 1 heterocycles. The van der Waals surface area contributed by atoms with Gasteiger partial charge < -0.3 is 0 Å². The number of hydrogen-bond acceptors (Lipinski definition) is 4. The third-order valence-electron chi connectivity index (χ3n) is 4.52. The normalized spacial score (nSPS) is 16.3. The number of nitrogens with zero attached hydrogens (tertiary/aromatic N) is 4. The largest absolute Gasteiger partial charge is 0.292 e. The summed E-state index contributed by atoms with van der Waals surface area (Å²) in [6, 6.07) is 12.4. The molecule has 29 heavy (non-hydrogen) atoms. The maximum atomic E-state index is 9.09. The summed E-state index contributed by atoms with van der Waals surface area (Å²) in [6.45, 7) is 5.17. The second kappa shape index (κ2) is 10.4. The number of nitriles is 1. The van der Waals surface area contributed by atoms with Gasteiger partial charge in [-0.05, 0) is 30.2 Å². The highest BCUT2D eigenvalue weighted by Gasteiger charge is 2.20. The van der Waals surface area contributed by atoms with Crippen molar-refractivity contribution in [2.24, 2.45) is 9.98 Å². The topological polar surface area (TPSA) is 51.8 Å². The van der Waals surface area contributed by atoms with Gasteiger partial charge in [-0.15, -0.1) is 11.8 Å². The smallest absolute Gasteiger partial charge is 0.141 e. The predicted molar refractivity (Wildman–Crippen MR) is 125 cm³/mol. The number of rotatable bonds is 6. The number of thioether (sulfide) groups is 1. The first-order chi connectivity index (χ1) is 14.2. The minimum Gasteiger partial charge on any atom is -0.292 e. The van der Waals surface area contributed by atoms with Gasteiger partial charge in [-0.25, -0.2) is 0 Å². The molecule has 0 radical (unpaired) electrons. The molecule has 1 aromatic rings. The molecule has 1 aromatic carbocycles. The van der Waals surface area contributed by atoms with E-state index >= 15 is 0 Å². The summed E-state index contributed by atoms with van der Waals surface area (Å²) in [5.41, 5.74) is 3.96. The third kappa shape index (κ3) is 5.46. The molecule has 0 saturated heterocycles. The molecule has 1 aliphatic carbocycles. The van der Waals surface area contributed by atoms with E-state index in [9.17, 15) is 0 Å². The van der Waals surface area contributed by atoms with Crippen LogP contribution in [0.2, 0.25) is 0 Å². The molecule has 0 spiro atoms. The summed E-state index contributed by atoms with van der Waals surface area (Å²) >= 11 is 1.66. The van der Waals surface area contributed by atoms with Gasteiger partial charge in [0.15, 0.2) is 0 Å². The van der Waals surface area contributed by atoms with Crippen molar-refractivity contribution in [2.45, 2.75) is 12.8 Å². The molecule has 0 amide bonds. The molecule has 4 nitrogen and oxygen atoms in total. The number of benzene rings is 1. The van der Waals surface area contributed by atoms with Crippen molar-refractivity contribution in [1.82, 2.24) is 0 Å². The Morgan fingerprint density at radius 1 is 1.31 bits per heavy atom. The summed E-state index contributed by atoms with van der Waals surface area (Å²) in [5.74, 6) is 1.60. The van der Waals surface area contributed by atoms with Crippen molar-refractivity contribution < 1.29 is 0 Å². The van der Waals surface area contributed by atoms with Crippen LogP contribution in [0.5, 0.6) is 0 Å². The fraction of sp³-hybridized carbons (Fsp3) is 0.208. The lowest BCUT2D eigenvalue weighted by Gasteiger charge is -2.28. The van der Waals surface area contributed by atoms with Crippen LogP contribution in [0.25, 0.3) is 0 Å². The van der Waals surface area contributed by atoms with Crippen LogP contribution >= 0.6 is 11.8 Å². The SMILES string of the molecule is C=C(SCC1=CC=C(C#N)CC=C1)N(C(=NC)C1=CCCN=C1)c1ccccc1. The molecular weight excluding hydrogens is 376 g/mol. The average Bonchev–Trinajstić information content (AvgIpc) is 3.02. The average molecular weight is 401 g/mol. The van der Waals surface area contributed by atoms with E-state index in [1.165, 1.54) is 0 Å². The van der Waals surface area contributed by atoms with Gasteiger partial charge in [0.05, 0.1) is 11.1 Å². The Morgan fingerprint density at radius 3 is 2.83 bits per heavy atom. The molecule has 1 aliphatic heterocycles. The van der Waals surface area contributed by atoms with Crippen LogP contribution in [0.15, 0.2) is 99.0 Å². The quantitative estimate of drug-likeness (QED) is 0.470. The van der Waals surface area contributed by atoms with E-state index in [2.05, 4.69) is 51.8 Å². The zero-order valence-electron chi connectivity index (χ0n) is 16.6. The minimum atomic E-state index is 0.679. The standard InChI is InChI=1S/C24H24N4S/c1-19(29-18-21-9-6-8-20(16-25)13-14-21)28(23-11-4-3-5-12-23)24(26-2)22-10-7-15-27-17-22/h3-6,9-14,17H,1,7-8,15,18H2,2H3. The number of anilines is 1. The van der Waals surface area contributed by atoms with Crippen LogP contribution in [-0.2, 0) is 0 Å². The number of para-hydroxylation sites is 1. The van der Waals surface area contributed by atoms with E-state index in [1.807, 2.05) is 42.6 Å². The van der Waals surface area contributed by atoms with Gasteiger partial charge >= 0.3 is 0 Å². The van der Waals surface area contributed by atoms with Crippen molar-refractivity contribution in [3.63, 3.8) is 0 Å². The first-order valence-corrected chi connectivity index (χ1v) is 10.5. The van der Waals surface area contributed by atoms with Crippen LogP contribution < -0.4 is 4.90 Å². The number of amidine groups is 1. The van der Waals surface area contributed by atoms with Crippen LogP contribution in [0.3, 0.4) is 0 Å². The second-order valence-electron chi connectivity index (χ2n) is 6.54. The van der Waals surface area contributed by atoms with Gasteiger partial charge in [0, 0.05) is 48.8 Å². The molecule has 0 saturated carbocycles. The molecule has 0 fully saturated rings. The van der Waals surface area contributed by atoms with E-state index in [1.54, 1.807) is 18.8 Å². The number of dihydropyridines is 1. The monoisotopic (exact) mass is 400 g/mol. The molecule has 0 atom stereocenters. The molecule has 0 unspecified atom stereocenters. The summed E-state index contributed by atoms with van der Waals surface area (Å²) in [7, 11) is 1.80. The highest BCUT2D eigenvalue weighted by molar-refractivity contribution is 8.03.